The van der Waals surface area contributed by atoms with E-state index in [0.29, 0.717) is 11.6 Å². The maximum absolute atomic E-state index is 11.9. The molecule has 0 saturated carbocycles. The van der Waals surface area contributed by atoms with Gasteiger partial charge in [-0.2, -0.15) is 0 Å². The number of nitrogens with zero attached hydrogens (tertiary/aromatic N) is 4. The van der Waals surface area contributed by atoms with Crippen molar-refractivity contribution in [3.05, 3.63) is 53.5 Å². The van der Waals surface area contributed by atoms with Crippen LogP contribution in [0.2, 0.25) is 0 Å². The number of aromatic nitrogens is 4. The minimum atomic E-state index is -0.237. The molecule has 1 aromatic carbocycles. The molecule has 136 valence electrons. The van der Waals surface area contributed by atoms with Crippen LogP contribution < -0.4 is 5.32 Å². The van der Waals surface area contributed by atoms with E-state index in [-0.39, 0.29) is 17.6 Å². The normalized spacial score (nSPS) is 11.1. The molecule has 2 heterocycles. The van der Waals surface area contributed by atoms with Crippen LogP contribution in [0.25, 0.3) is 5.69 Å². The Morgan fingerprint density at radius 3 is 2.65 bits per heavy atom. The largest absolute Gasteiger partial charge is 0.447 e. The summed E-state index contributed by atoms with van der Waals surface area (Å²) in [5.41, 5.74) is 2.48. The fourth-order valence-corrected chi connectivity index (χ4v) is 3.22. The van der Waals surface area contributed by atoms with Gasteiger partial charge >= 0.3 is 0 Å². The van der Waals surface area contributed by atoms with Gasteiger partial charge in [-0.25, -0.2) is 4.98 Å². The van der Waals surface area contributed by atoms with Gasteiger partial charge in [0, 0.05) is 11.7 Å². The van der Waals surface area contributed by atoms with Crippen molar-refractivity contribution in [3.8, 4) is 5.69 Å². The molecule has 8 heteroatoms. The van der Waals surface area contributed by atoms with Gasteiger partial charge in [0.05, 0.1) is 5.75 Å². The molecule has 0 saturated heterocycles. The molecule has 1 N–H and O–H groups in total. The van der Waals surface area contributed by atoms with Gasteiger partial charge in [0.15, 0.2) is 10.9 Å². The van der Waals surface area contributed by atoms with Crippen molar-refractivity contribution >= 4 is 17.7 Å². The molecule has 2 aromatic heterocycles. The molecule has 0 aliphatic rings. The topological polar surface area (TPSA) is 85.8 Å². The highest BCUT2D eigenvalue weighted by Crippen LogP contribution is 2.25. The Morgan fingerprint density at radius 2 is 1.96 bits per heavy atom. The highest BCUT2D eigenvalue weighted by atomic mass is 32.2. The maximum Gasteiger partial charge on any atom is 0.273 e. The molecular weight excluding hydrogens is 350 g/mol. The van der Waals surface area contributed by atoms with Crippen LogP contribution in [0.15, 0.2) is 40.1 Å². The predicted molar refractivity (Wildman–Crippen MR) is 99.5 cm³/mol. The Kier molecular flexibility index (Phi) is 5.41. The van der Waals surface area contributed by atoms with E-state index in [1.54, 1.807) is 0 Å². The third-order valence-corrected chi connectivity index (χ3v) is 4.53. The summed E-state index contributed by atoms with van der Waals surface area (Å²) < 4.78 is 7.39. The Hall–Kier alpha value is -2.61. The minimum absolute atomic E-state index is 0.0491. The molecule has 1 amide bonds. The van der Waals surface area contributed by atoms with Crippen LogP contribution in [-0.2, 0) is 5.75 Å². The number of oxazole rings is 1. The van der Waals surface area contributed by atoms with Gasteiger partial charge in [0.1, 0.15) is 12.1 Å². The quantitative estimate of drug-likeness (QED) is 0.669. The standard InChI is InChI=1S/C18H21N5O2S/c1-11(2)19-17(24)15-9-25-16(20-15)10-26-18-22-21-13(4)23(18)14-7-5-12(3)6-8-14/h5-9,11H,10H2,1-4H3,(H,19,24). The number of carbonyl (C=O) groups excluding carboxylic acids is 1. The number of carbonyl (C=O) groups is 1. The average molecular weight is 371 g/mol. The van der Waals surface area contributed by atoms with Gasteiger partial charge in [-0.15, -0.1) is 10.2 Å². The summed E-state index contributed by atoms with van der Waals surface area (Å²) in [7, 11) is 0. The third-order valence-electron chi connectivity index (χ3n) is 3.62. The highest BCUT2D eigenvalue weighted by Gasteiger charge is 2.16. The number of rotatable bonds is 6. The summed E-state index contributed by atoms with van der Waals surface area (Å²) in [5.74, 6) is 1.50. The van der Waals surface area contributed by atoms with Crippen LogP contribution in [-0.4, -0.2) is 31.7 Å². The van der Waals surface area contributed by atoms with Crippen LogP contribution in [0.1, 0.15) is 41.6 Å². The molecule has 0 aliphatic carbocycles. The minimum Gasteiger partial charge on any atom is -0.447 e. The monoisotopic (exact) mass is 371 g/mol. The third kappa shape index (κ3) is 4.13. The molecule has 0 radical (unpaired) electrons. The molecule has 0 spiro atoms. The van der Waals surface area contributed by atoms with Gasteiger partial charge in [0.2, 0.25) is 5.89 Å². The summed E-state index contributed by atoms with van der Waals surface area (Å²) in [6, 6.07) is 8.23. The first kappa shape index (κ1) is 18.2. The number of aryl methyl sites for hydroxylation is 2. The Balaban J connectivity index is 1.72. The smallest absolute Gasteiger partial charge is 0.273 e. The van der Waals surface area contributed by atoms with E-state index in [2.05, 4.69) is 32.6 Å². The van der Waals surface area contributed by atoms with E-state index in [1.807, 2.05) is 44.4 Å². The van der Waals surface area contributed by atoms with Crippen LogP contribution in [0.5, 0.6) is 0 Å². The van der Waals surface area contributed by atoms with Gasteiger partial charge in [-0.1, -0.05) is 29.5 Å². The fraction of sp³-hybridized carbons (Fsp3) is 0.333. The summed E-state index contributed by atoms with van der Waals surface area (Å²) in [4.78, 5) is 16.2. The second-order valence-corrected chi connectivity index (χ2v) is 7.19. The lowest BCUT2D eigenvalue weighted by molar-refractivity contribution is 0.0938. The van der Waals surface area contributed by atoms with Crippen LogP contribution in [0.4, 0.5) is 0 Å². The molecule has 0 aliphatic heterocycles. The van der Waals surface area contributed by atoms with Crippen molar-refractivity contribution in [3.63, 3.8) is 0 Å². The predicted octanol–water partition coefficient (Wildman–Crippen LogP) is 3.30. The molecule has 3 rings (SSSR count). The van der Waals surface area contributed by atoms with Crippen molar-refractivity contribution in [1.29, 1.82) is 0 Å². The molecule has 0 unspecified atom stereocenters. The van der Waals surface area contributed by atoms with E-state index in [1.165, 1.54) is 23.6 Å². The molecule has 26 heavy (non-hydrogen) atoms. The van der Waals surface area contributed by atoms with E-state index in [0.717, 1.165) is 16.7 Å². The lowest BCUT2D eigenvalue weighted by atomic mass is 10.2. The second kappa shape index (κ2) is 7.74. The van der Waals surface area contributed by atoms with Crippen molar-refractivity contribution in [2.75, 3.05) is 0 Å². The van der Waals surface area contributed by atoms with Crippen LogP contribution in [0, 0.1) is 13.8 Å². The van der Waals surface area contributed by atoms with Gasteiger partial charge < -0.3 is 9.73 Å². The van der Waals surface area contributed by atoms with E-state index in [9.17, 15) is 4.79 Å². The summed E-state index contributed by atoms with van der Waals surface area (Å²) in [5, 5.41) is 11.9. The number of hydrogen-bond donors (Lipinski definition) is 1. The first-order valence-electron chi connectivity index (χ1n) is 8.31. The summed E-state index contributed by atoms with van der Waals surface area (Å²) >= 11 is 1.46. The fourth-order valence-electron chi connectivity index (χ4n) is 2.37. The van der Waals surface area contributed by atoms with Crippen molar-refractivity contribution in [2.24, 2.45) is 0 Å². The Morgan fingerprint density at radius 1 is 1.23 bits per heavy atom. The van der Waals surface area contributed by atoms with Gasteiger partial charge in [-0.05, 0) is 39.8 Å². The number of benzene rings is 1. The maximum atomic E-state index is 11.9. The summed E-state index contributed by atoms with van der Waals surface area (Å²) in [6.45, 7) is 7.76. The first-order chi connectivity index (χ1) is 12.4. The molecule has 3 aromatic rings. The zero-order chi connectivity index (χ0) is 18.7. The van der Waals surface area contributed by atoms with E-state index >= 15 is 0 Å². The Bertz CT molecular complexity index is 899. The molecule has 7 nitrogen and oxygen atoms in total. The van der Waals surface area contributed by atoms with Gasteiger partial charge in [0.25, 0.3) is 5.91 Å². The number of hydrogen-bond acceptors (Lipinski definition) is 6. The van der Waals surface area contributed by atoms with Crippen molar-refractivity contribution in [1.82, 2.24) is 25.1 Å². The van der Waals surface area contributed by atoms with Crippen LogP contribution >= 0.6 is 11.8 Å². The average Bonchev–Trinajstić information content (AvgIpc) is 3.20. The van der Waals surface area contributed by atoms with Crippen LogP contribution in [0.3, 0.4) is 0 Å². The van der Waals surface area contributed by atoms with Crippen molar-refractivity contribution < 1.29 is 9.21 Å². The van der Waals surface area contributed by atoms with E-state index in [4.69, 9.17) is 4.42 Å². The highest BCUT2D eigenvalue weighted by molar-refractivity contribution is 7.98. The molecule has 0 atom stereocenters. The first-order valence-corrected chi connectivity index (χ1v) is 9.29. The summed E-state index contributed by atoms with van der Waals surface area (Å²) in [6.07, 6.45) is 1.38. The SMILES string of the molecule is Cc1ccc(-n2c(C)nnc2SCc2nc(C(=O)NC(C)C)co2)cc1. The second-order valence-electron chi connectivity index (χ2n) is 6.24. The number of amides is 1. The lowest BCUT2D eigenvalue weighted by Crippen LogP contribution is -2.30. The lowest BCUT2D eigenvalue weighted by Gasteiger charge is -2.08. The van der Waals surface area contributed by atoms with Gasteiger partial charge in [-0.3, -0.25) is 9.36 Å². The zero-order valence-corrected chi connectivity index (χ0v) is 16.0. The number of nitrogens with one attached hydrogen (secondary N) is 1. The number of thioether (sulfide) groups is 1. The van der Waals surface area contributed by atoms with E-state index < -0.39 is 0 Å². The zero-order valence-electron chi connectivity index (χ0n) is 15.2. The van der Waals surface area contributed by atoms with Crippen molar-refractivity contribution in [2.45, 2.75) is 44.6 Å². The molecular formula is C18H21N5O2S. The molecule has 0 fully saturated rings. The molecule has 0 bridgehead atoms. The Labute approximate surface area is 156 Å².